The smallest absolute Gasteiger partial charge is 0.127 e. The normalized spacial score (nSPS) is 14.2. The molecule has 0 fully saturated rings. The Morgan fingerprint density at radius 3 is 2.81 bits per heavy atom. The molecule has 0 aliphatic rings. The van der Waals surface area contributed by atoms with Crippen molar-refractivity contribution >= 4 is 11.5 Å². The Bertz CT molecular complexity index is 315. The highest BCUT2D eigenvalue weighted by Crippen LogP contribution is 2.14. The maximum atomic E-state index is 9.27. The zero-order chi connectivity index (χ0) is 12.0. The first-order chi connectivity index (χ1) is 7.61. The van der Waals surface area contributed by atoms with Gasteiger partial charge in [-0.1, -0.05) is 0 Å². The highest BCUT2D eigenvalue weighted by molar-refractivity contribution is 5.52. The van der Waals surface area contributed by atoms with Crippen molar-refractivity contribution < 1.29 is 5.11 Å². The van der Waals surface area contributed by atoms with Crippen molar-refractivity contribution in [3.05, 3.63) is 18.3 Å². The van der Waals surface area contributed by atoms with Crippen molar-refractivity contribution in [2.45, 2.75) is 39.3 Å². The molecule has 1 aromatic heterocycles. The van der Waals surface area contributed by atoms with Crippen molar-refractivity contribution in [2.24, 2.45) is 0 Å². The minimum Gasteiger partial charge on any atom is -0.393 e. The van der Waals surface area contributed by atoms with Crippen LogP contribution in [0.5, 0.6) is 0 Å². The van der Waals surface area contributed by atoms with E-state index in [2.05, 4.69) is 22.5 Å². The number of hydrogen-bond donors (Lipinski definition) is 3. The van der Waals surface area contributed by atoms with Gasteiger partial charge in [0.1, 0.15) is 5.82 Å². The van der Waals surface area contributed by atoms with Gasteiger partial charge in [0.25, 0.3) is 0 Å². The van der Waals surface area contributed by atoms with E-state index in [4.69, 9.17) is 0 Å². The molecule has 1 rings (SSSR count). The van der Waals surface area contributed by atoms with E-state index in [-0.39, 0.29) is 12.1 Å². The van der Waals surface area contributed by atoms with Gasteiger partial charge in [-0.2, -0.15) is 0 Å². The Kier molecular flexibility index (Phi) is 5.05. The molecule has 0 radical (unpaired) electrons. The number of aromatic nitrogens is 1. The molecule has 90 valence electrons. The zero-order valence-electron chi connectivity index (χ0n) is 10.2. The second-order valence-electron chi connectivity index (χ2n) is 4.09. The van der Waals surface area contributed by atoms with Gasteiger partial charge in [0.15, 0.2) is 0 Å². The first-order valence-electron chi connectivity index (χ1n) is 5.76. The molecule has 2 unspecified atom stereocenters. The van der Waals surface area contributed by atoms with Gasteiger partial charge in [0.05, 0.1) is 6.10 Å². The van der Waals surface area contributed by atoms with E-state index in [0.29, 0.717) is 0 Å². The van der Waals surface area contributed by atoms with E-state index in [1.54, 1.807) is 13.1 Å². The van der Waals surface area contributed by atoms with Gasteiger partial charge in [0.2, 0.25) is 0 Å². The lowest BCUT2D eigenvalue weighted by molar-refractivity contribution is 0.179. The average molecular weight is 223 g/mol. The fourth-order valence-electron chi connectivity index (χ4n) is 1.65. The molecule has 0 saturated heterocycles. The molecular formula is C12H21N3O. The van der Waals surface area contributed by atoms with Crippen molar-refractivity contribution in [3.63, 3.8) is 0 Å². The van der Waals surface area contributed by atoms with Crippen LogP contribution in [0.25, 0.3) is 0 Å². The van der Waals surface area contributed by atoms with Crippen LogP contribution in [0.2, 0.25) is 0 Å². The summed E-state index contributed by atoms with van der Waals surface area (Å²) >= 11 is 0. The predicted molar refractivity (Wildman–Crippen MR) is 67.8 cm³/mol. The third kappa shape index (κ3) is 4.49. The van der Waals surface area contributed by atoms with Crippen LogP contribution >= 0.6 is 0 Å². The molecule has 0 aliphatic heterocycles. The Morgan fingerprint density at radius 1 is 1.44 bits per heavy atom. The lowest BCUT2D eigenvalue weighted by Gasteiger charge is -2.17. The molecule has 0 spiro atoms. The molecule has 0 amide bonds. The molecular weight excluding hydrogens is 202 g/mol. The molecule has 0 aromatic carbocycles. The molecule has 2 atom stereocenters. The second kappa shape index (κ2) is 6.33. The molecule has 4 nitrogen and oxygen atoms in total. The summed E-state index contributed by atoms with van der Waals surface area (Å²) in [5.41, 5.74) is 1.03. The fraction of sp³-hybridized carbons (Fsp3) is 0.583. The van der Waals surface area contributed by atoms with Crippen molar-refractivity contribution in [3.8, 4) is 0 Å². The first kappa shape index (κ1) is 12.8. The number of anilines is 2. The lowest BCUT2D eigenvalue weighted by Crippen LogP contribution is -2.20. The van der Waals surface area contributed by atoms with Crippen LogP contribution in [0.1, 0.15) is 27.2 Å². The molecule has 16 heavy (non-hydrogen) atoms. The van der Waals surface area contributed by atoms with Crippen LogP contribution in [-0.2, 0) is 0 Å². The van der Waals surface area contributed by atoms with Gasteiger partial charge in [-0.3, -0.25) is 0 Å². The Balaban J connectivity index is 2.55. The third-order valence-corrected chi connectivity index (χ3v) is 2.23. The number of aliphatic hydroxyl groups excluding tert-OH is 1. The second-order valence-corrected chi connectivity index (χ2v) is 4.09. The summed E-state index contributed by atoms with van der Waals surface area (Å²) in [7, 11) is 0. The number of pyridine rings is 1. The monoisotopic (exact) mass is 223 g/mol. The van der Waals surface area contributed by atoms with E-state index in [1.165, 1.54) is 0 Å². The number of nitrogens with zero attached hydrogens (tertiary/aromatic N) is 1. The molecule has 0 bridgehead atoms. The van der Waals surface area contributed by atoms with E-state index in [9.17, 15) is 5.11 Å². The van der Waals surface area contributed by atoms with Gasteiger partial charge in [-0.25, -0.2) is 4.98 Å². The Labute approximate surface area is 97.1 Å². The molecule has 0 saturated carbocycles. The van der Waals surface area contributed by atoms with Gasteiger partial charge < -0.3 is 15.7 Å². The fourth-order valence-corrected chi connectivity index (χ4v) is 1.65. The largest absolute Gasteiger partial charge is 0.393 e. The summed E-state index contributed by atoms with van der Waals surface area (Å²) < 4.78 is 0. The van der Waals surface area contributed by atoms with Crippen molar-refractivity contribution in [1.29, 1.82) is 0 Å². The van der Waals surface area contributed by atoms with Crippen LogP contribution < -0.4 is 10.6 Å². The Morgan fingerprint density at radius 2 is 2.19 bits per heavy atom. The van der Waals surface area contributed by atoms with E-state index >= 15 is 0 Å². The number of aliphatic hydroxyl groups is 1. The molecule has 0 aliphatic carbocycles. The summed E-state index contributed by atoms with van der Waals surface area (Å²) in [6.45, 7) is 6.76. The quantitative estimate of drug-likeness (QED) is 0.691. The van der Waals surface area contributed by atoms with Crippen LogP contribution in [0.15, 0.2) is 18.3 Å². The minimum atomic E-state index is -0.280. The van der Waals surface area contributed by atoms with Gasteiger partial charge in [-0.15, -0.1) is 0 Å². The highest BCUT2D eigenvalue weighted by atomic mass is 16.3. The molecule has 1 aromatic rings. The average Bonchev–Trinajstić information content (AvgIpc) is 2.17. The SMILES string of the molecule is CCNc1cc(NC(C)CC(C)O)ccn1. The number of nitrogens with one attached hydrogen (secondary N) is 2. The van der Waals surface area contributed by atoms with Crippen LogP contribution in [-0.4, -0.2) is 28.8 Å². The van der Waals surface area contributed by atoms with Gasteiger partial charge >= 0.3 is 0 Å². The highest BCUT2D eigenvalue weighted by Gasteiger charge is 2.06. The predicted octanol–water partition coefficient (Wildman–Crippen LogP) is 2.08. The van der Waals surface area contributed by atoms with E-state index in [0.717, 1.165) is 24.5 Å². The lowest BCUT2D eigenvalue weighted by atomic mass is 10.1. The zero-order valence-corrected chi connectivity index (χ0v) is 10.2. The first-order valence-corrected chi connectivity index (χ1v) is 5.76. The summed E-state index contributed by atoms with van der Waals surface area (Å²) in [5.74, 6) is 0.872. The van der Waals surface area contributed by atoms with Crippen molar-refractivity contribution in [2.75, 3.05) is 17.2 Å². The van der Waals surface area contributed by atoms with Gasteiger partial charge in [0, 0.05) is 30.5 Å². The Hall–Kier alpha value is -1.29. The summed E-state index contributed by atoms with van der Waals surface area (Å²) in [6, 6.07) is 4.15. The van der Waals surface area contributed by atoms with E-state index < -0.39 is 0 Å². The standard InChI is InChI=1S/C12H21N3O/c1-4-13-12-8-11(5-6-14-12)15-9(2)7-10(3)16/h5-6,8-10,16H,4,7H2,1-3H3,(H2,13,14,15). The van der Waals surface area contributed by atoms with Crippen LogP contribution in [0, 0.1) is 0 Å². The maximum absolute atomic E-state index is 9.27. The topological polar surface area (TPSA) is 57.2 Å². The molecule has 4 heteroatoms. The number of hydrogen-bond acceptors (Lipinski definition) is 4. The van der Waals surface area contributed by atoms with Gasteiger partial charge in [-0.05, 0) is 33.3 Å². The summed E-state index contributed by atoms with van der Waals surface area (Å²) in [6.07, 6.45) is 2.23. The van der Waals surface area contributed by atoms with Crippen molar-refractivity contribution in [1.82, 2.24) is 4.98 Å². The summed E-state index contributed by atoms with van der Waals surface area (Å²) in [4.78, 5) is 4.20. The minimum absolute atomic E-state index is 0.247. The maximum Gasteiger partial charge on any atom is 0.127 e. The van der Waals surface area contributed by atoms with Crippen LogP contribution in [0.3, 0.4) is 0 Å². The van der Waals surface area contributed by atoms with Crippen LogP contribution in [0.4, 0.5) is 11.5 Å². The molecule has 1 heterocycles. The summed E-state index contributed by atoms with van der Waals surface area (Å²) in [5, 5.41) is 15.8. The third-order valence-electron chi connectivity index (χ3n) is 2.23. The number of rotatable bonds is 6. The van der Waals surface area contributed by atoms with E-state index in [1.807, 2.05) is 19.1 Å². The molecule has 3 N–H and O–H groups in total.